The lowest BCUT2D eigenvalue weighted by Crippen LogP contribution is -2.07. The number of aryl methyl sites for hydroxylation is 1. The molecular weight excluding hydrogens is 232 g/mol. The third kappa shape index (κ3) is 3.44. The van der Waals surface area contributed by atoms with Crippen molar-refractivity contribution in [1.29, 1.82) is 0 Å². The van der Waals surface area contributed by atoms with Crippen molar-refractivity contribution in [2.24, 2.45) is 0 Å². The van der Waals surface area contributed by atoms with E-state index >= 15 is 0 Å². The number of ether oxygens (including phenoxy) is 1. The summed E-state index contributed by atoms with van der Waals surface area (Å²) >= 11 is 0. The van der Waals surface area contributed by atoms with Gasteiger partial charge in [0.05, 0.1) is 6.61 Å². The van der Waals surface area contributed by atoms with Gasteiger partial charge in [0, 0.05) is 19.0 Å². The monoisotopic (exact) mass is 248 g/mol. The number of rotatable bonds is 6. The molecule has 0 spiro atoms. The molecule has 0 unspecified atom stereocenters. The van der Waals surface area contributed by atoms with Crippen molar-refractivity contribution >= 4 is 5.82 Å². The van der Waals surface area contributed by atoms with Gasteiger partial charge in [0.25, 0.3) is 0 Å². The van der Waals surface area contributed by atoms with E-state index in [0.29, 0.717) is 37.2 Å². The van der Waals surface area contributed by atoms with Crippen molar-refractivity contribution in [1.82, 2.24) is 15.1 Å². The van der Waals surface area contributed by atoms with Crippen molar-refractivity contribution in [2.75, 3.05) is 18.5 Å². The van der Waals surface area contributed by atoms with Gasteiger partial charge in [0.15, 0.2) is 5.82 Å². The highest BCUT2D eigenvalue weighted by Crippen LogP contribution is 2.11. The van der Waals surface area contributed by atoms with Crippen LogP contribution in [0.4, 0.5) is 5.82 Å². The molecule has 6 heteroatoms. The SMILES string of the molecule is CCOc1cccc(NCCc2nc(C)no2)n1. The summed E-state index contributed by atoms with van der Waals surface area (Å²) in [5.41, 5.74) is 0. The Morgan fingerprint density at radius 2 is 2.22 bits per heavy atom. The molecule has 2 heterocycles. The van der Waals surface area contributed by atoms with Crippen LogP contribution in [0.25, 0.3) is 0 Å². The molecule has 0 saturated heterocycles. The quantitative estimate of drug-likeness (QED) is 0.840. The molecule has 0 fully saturated rings. The molecule has 2 aromatic heterocycles. The first kappa shape index (κ1) is 12.3. The van der Waals surface area contributed by atoms with Crippen LogP contribution in [0.3, 0.4) is 0 Å². The molecule has 96 valence electrons. The average molecular weight is 248 g/mol. The van der Waals surface area contributed by atoms with Crippen LogP contribution in [0.5, 0.6) is 5.88 Å². The van der Waals surface area contributed by atoms with Crippen molar-refractivity contribution in [3.63, 3.8) is 0 Å². The molecule has 2 aromatic rings. The van der Waals surface area contributed by atoms with Crippen LogP contribution in [0, 0.1) is 6.92 Å². The summed E-state index contributed by atoms with van der Waals surface area (Å²) in [5, 5.41) is 6.91. The maximum atomic E-state index is 5.32. The number of hydrogen-bond acceptors (Lipinski definition) is 6. The summed E-state index contributed by atoms with van der Waals surface area (Å²) in [6.07, 6.45) is 0.668. The zero-order valence-electron chi connectivity index (χ0n) is 10.5. The van der Waals surface area contributed by atoms with Crippen molar-refractivity contribution in [3.8, 4) is 5.88 Å². The number of nitrogens with zero attached hydrogens (tertiary/aromatic N) is 3. The Kier molecular flexibility index (Phi) is 4.11. The molecule has 0 aliphatic heterocycles. The number of pyridine rings is 1. The van der Waals surface area contributed by atoms with E-state index in [-0.39, 0.29) is 0 Å². The molecule has 6 nitrogen and oxygen atoms in total. The van der Waals surface area contributed by atoms with Gasteiger partial charge in [-0.25, -0.2) is 0 Å². The van der Waals surface area contributed by atoms with Crippen LogP contribution in [-0.4, -0.2) is 28.3 Å². The first-order valence-electron chi connectivity index (χ1n) is 5.91. The van der Waals surface area contributed by atoms with Crippen LogP contribution in [0.2, 0.25) is 0 Å². The highest BCUT2D eigenvalue weighted by atomic mass is 16.5. The third-order valence-electron chi connectivity index (χ3n) is 2.23. The highest BCUT2D eigenvalue weighted by Gasteiger charge is 2.02. The van der Waals surface area contributed by atoms with Crippen LogP contribution >= 0.6 is 0 Å². The Morgan fingerprint density at radius 1 is 1.33 bits per heavy atom. The van der Waals surface area contributed by atoms with Gasteiger partial charge < -0.3 is 14.6 Å². The minimum absolute atomic E-state index is 0.609. The number of hydrogen-bond donors (Lipinski definition) is 1. The molecular formula is C12H16N4O2. The zero-order chi connectivity index (χ0) is 12.8. The Morgan fingerprint density at radius 3 is 2.94 bits per heavy atom. The average Bonchev–Trinajstić information content (AvgIpc) is 2.76. The van der Waals surface area contributed by atoms with E-state index in [9.17, 15) is 0 Å². The zero-order valence-corrected chi connectivity index (χ0v) is 10.5. The molecule has 1 N–H and O–H groups in total. The van der Waals surface area contributed by atoms with Gasteiger partial charge in [0.2, 0.25) is 11.8 Å². The maximum absolute atomic E-state index is 5.32. The summed E-state index contributed by atoms with van der Waals surface area (Å²) in [6.45, 7) is 5.02. The summed E-state index contributed by atoms with van der Waals surface area (Å²) in [6, 6.07) is 5.62. The number of aromatic nitrogens is 3. The predicted octanol–water partition coefficient (Wildman–Crippen LogP) is 1.83. The van der Waals surface area contributed by atoms with Crippen molar-refractivity contribution in [2.45, 2.75) is 20.3 Å². The van der Waals surface area contributed by atoms with E-state index in [1.807, 2.05) is 25.1 Å². The van der Waals surface area contributed by atoms with E-state index in [0.717, 1.165) is 5.82 Å². The fourth-order valence-corrected chi connectivity index (χ4v) is 1.48. The Bertz CT molecular complexity index is 498. The van der Waals surface area contributed by atoms with E-state index < -0.39 is 0 Å². The molecule has 0 radical (unpaired) electrons. The fourth-order valence-electron chi connectivity index (χ4n) is 1.48. The second-order valence-corrected chi connectivity index (χ2v) is 3.71. The van der Waals surface area contributed by atoms with Crippen LogP contribution in [0.1, 0.15) is 18.6 Å². The minimum atomic E-state index is 0.609. The maximum Gasteiger partial charge on any atom is 0.228 e. The largest absolute Gasteiger partial charge is 0.478 e. The number of anilines is 1. The van der Waals surface area contributed by atoms with Crippen molar-refractivity contribution < 1.29 is 9.26 Å². The van der Waals surface area contributed by atoms with Gasteiger partial charge in [-0.3, -0.25) is 0 Å². The normalized spacial score (nSPS) is 10.3. The molecule has 0 aliphatic carbocycles. The Labute approximate surface area is 105 Å². The van der Waals surface area contributed by atoms with Crippen LogP contribution < -0.4 is 10.1 Å². The minimum Gasteiger partial charge on any atom is -0.478 e. The fraction of sp³-hybridized carbons (Fsp3) is 0.417. The number of nitrogens with one attached hydrogen (secondary N) is 1. The van der Waals surface area contributed by atoms with E-state index in [2.05, 4.69) is 20.4 Å². The van der Waals surface area contributed by atoms with E-state index in [4.69, 9.17) is 9.26 Å². The summed E-state index contributed by atoms with van der Waals surface area (Å²) in [7, 11) is 0. The standard InChI is InChI=1S/C12H16N4O2/c1-3-17-11-6-4-5-10(15-11)13-8-7-12-14-9(2)16-18-12/h4-6H,3,7-8H2,1-2H3,(H,13,15). The second-order valence-electron chi connectivity index (χ2n) is 3.71. The predicted molar refractivity (Wildman–Crippen MR) is 66.6 cm³/mol. The molecule has 0 saturated carbocycles. The lowest BCUT2D eigenvalue weighted by molar-refractivity contribution is 0.327. The Balaban J connectivity index is 1.84. The lowest BCUT2D eigenvalue weighted by atomic mass is 10.4. The summed E-state index contributed by atoms with van der Waals surface area (Å²) < 4.78 is 10.3. The van der Waals surface area contributed by atoms with Gasteiger partial charge in [-0.2, -0.15) is 9.97 Å². The van der Waals surface area contributed by atoms with E-state index in [1.54, 1.807) is 6.92 Å². The van der Waals surface area contributed by atoms with Gasteiger partial charge in [-0.05, 0) is 19.9 Å². The van der Waals surface area contributed by atoms with Crippen molar-refractivity contribution in [3.05, 3.63) is 29.9 Å². The first-order chi connectivity index (χ1) is 8.78. The van der Waals surface area contributed by atoms with Crippen LogP contribution in [-0.2, 0) is 6.42 Å². The van der Waals surface area contributed by atoms with Gasteiger partial charge in [-0.15, -0.1) is 0 Å². The second kappa shape index (κ2) is 6.00. The molecule has 0 aromatic carbocycles. The first-order valence-corrected chi connectivity index (χ1v) is 5.91. The molecule has 0 amide bonds. The third-order valence-corrected chi connectivity index (χ3v) is 2.23. The van der Waals surface area contributed by atoms with Gasteiger partial charge >= 0.3 is 0 Å². The summed E-state index contributed by atoms with van der Waals surface area (Å²) in [4.78, 5) is 8.42. The molecule has 18 heavy (non-hydrogen) atoms. The highest BCUT2D eigenvalue weighted by molar-refractivity contribution is 5.36. The molecule has 0 aliphatic rings. The van der Waals surface area contributed by atoms with E-state index in [1.165, 1.54) is 0 Å². The van der Waals surface area contributed by atoms with Gasteiger partial charge in [0.1, 0.15) is 5.82 Å². The van der Waals surface area contributed by atoms with Gasteiger partial charge in [-0.1, -0.05) is 11.2 Å². The lowest BCUT2D eigenvalue weighted by Gasteiger charge is -2.06. The summed E-state index contributed by atoms with van der Waals surface area (Å²) in [5.74, 6) is 2.68. The smallest absolute Gasteiger partial charge is 0.228 e. The Hall–Kier alpha value is -2.11. The molecule has 0 atom stereocenters. The molecule has 2 rings (SSSR count). The molecule has 0 bridgehead atoms. The topological polar surface area (TPSA) is 73.1 Å². The van der Waals surface area contributed by atoms with Crippen LogP contribution in [0.15, 0.2) is 22.7 Å².